The number of fused-ring (bicyclic) bond motifs is 3. The lowest BCUT2D eigenvalue weighted by Gasteiger charge is -2.21. The van der Waals surface area contributed by atoms with Crippen LogP contribution in [0.25, 0.3) is 50.3 Å². The molecular weight excluding hydrogens is 1500 g/mol. The Balaban J connectivity index is 0.000000180. The van der Waals surface area contributed by atoms with Gasteiger partial charge in [-0.25, -0.2) is 29.9 Å². The predicted octanol–water partition coefficient (Wildman–Crippen LogP) is 13.7. The van der Waals surface area contributed by atoms with Gasteiger partial charge in [0.15, 0.2) is 0 Å². The molecule has 15 rings (SSSR count). The molecule has 9 N–H and O–H groups in total. The second-order valence-electron chi connectivity index (χ2n) is 28.5. The van der Waals surface area contributed by atoms with Gasteiger partial charge in [0.25, 0.3) is 35.4 Å². The lowest BCUT2D eigenvalue weighted by molar-refractivity contribution is -0.126. The average Bonchev–Trinajstić information content (AvgIpc) is 1.61. The molecule has 0 spiro atoms. The highest BCUT2D eigenvalue weighted by Gasteiger charge is 2.37. The summed E-state index contributed by atoms with van der Waals surface area (Å²) in [5.41, 5.74) is 33.0. The van der Waals surface area contributed by atoms with E-state index in [1.807, 2.05) is 150 Å². The highest BCUT2D eigenvalue weighted by atomic mass is 32.1. The fourth-order valence-electron chi connectivity index (χ4n) is 14.6. The Hall–Kier alpha value is -12.9. The van der Waals surface area contributed by atoms with Crippen molar-refractivity contribution in [2.24, 2.45) is 0 Å². The van der Waals surface area contributed by atoms with E-state index in [1.54, 1.807) is 90.6 Å². The Morgan fingerprint density at radius 1 is 0.435 bits per heavy atom. The average molecular weight is 1600 g/mol. The van der Waals surface area contributed by atoms with Gasteiger partial charge in [0.2, 0.25) is 0 Å². The van der Waals surface area contributed by atoms with Crippen molar-refractivity contribution >= 4 is 127 Å². The predicted molar refractivity (Wildman–Crippen MR) is 465 cm³/mol. The number of carbonyl (C=O) groups excluding carboxylic acids is 6. The number of pyridine rings is 1. The maximum Gasteiger partial charge on any atom is 0.299 e. The molecule has 5 aromatic carbocycles. The molecule has 12 aromatic rings. The van der Waals surface area contributed by atoms with Gasteiger partial charge in [-0.3, -0.25) is 47.0 Å². The fourth-order valence-corrected chi connectivity index (χ4v) is 14.6. The first-order chi connectivity index (χ1) is 54.0. The van der Waals surface area contributed by atoms with Gasteiger partial charge in [-0.1, -0.05) is 93.1 Å². The van der Waals surface area contributed by atoms with Crippen LogP contribution in [0.4, 0.5) is 34.5 Å². The first kappa shape index (κ1) is 84.5. The largest absolute Gasteiger partial charge is 0.382 e. The lowest BCUT2D eigenvalue weighted by Crippen LogP contribution is -2.30. The molecule has 28 heteroatoms. The molecule has 3 saturated heterocycles. The first-order valence-corrected chi connectivity index (χ1v) is 36.9. The highest BCUT2D eigenvalue weighted by molar-refractivity contribution is 7.59. The number of nitrogen functional groups attached to an aromatic ring is 3. The summed E-state index contributed by atoms with van der Waals surface area (Å²) in [6.45, 7) is 19.1. The summed E-state index contributed by atoms with van der Waals surface area (Å²) in [5, 5.41) is 8.89. The van der Waals surface area contributed by atoms with Gasteiger partial charge >= 0.3 is 0 Å². The van der Waals surface area contributed by atoms with Crippen molar-refractivity contribution in [3.05, 3.63) is 227 Å². The van der Waals surface area contributed by atoms with Crippen LogP contribution < -0.4 is 33.2 Å². The van der Waals surface area contributed by atoms with E-state index in [1.165, 1.54) is 5.56 Å². The zero-order valence-electron chi connectivity index (χ0n) is 65.3. The minimum Gasteiger partial charge on any atom is -0.382 e. The van der Waals surface area contributed by atoms with Gasteiger partial charge in [-0.2, -0.15) is 40.5 Å². The van der Waals surface area contributed by atoms with E-state index in [2.05, 4.69) is 92.2 Å². The quantitative estimate of drug-likeness (QED) is 0.0619. The monoisotopic (exact) mass is 1590 g/mol. The second-order valence-corrected chi connectivity index (χ2v) is 28.5. The van der Waals surface area contributed by atoms with Gasteiger partial charge in [0.05, 0.1) is 18.1 Å². The van der Waals surface area contributed by atoms with Gasteiger partial charge in [0, 0.05) is 108 Å². The molecule has 0 radical (unpaired) electrons. The zero-order valence-corrected chi connectivity index (χ0v) is 68.3. The van der Waals surface area contributed by atoms with Crippen LogP contribution in [-0.2, 0) is 19.8 Å². The van der Waals surface area contributed by atoms with Crippen LogP contribution in [0, 0.1) is 56.3 Å². The number of carbonyl (C=O) groups is 6. The van der Waals surface area contributed by atoms with Crippen molar-refractivity contribution in [3.63, 3.8) is 0 Å². The van der Waals surface area contributed by atoms with Crippen molar-refractivity contribution < 1.29 is 28.8 Å². The number of hydrogen-bond acceptors (Lipinski definition) is 16. The number of imidazole rings is 3. The molecular formula is C87H91N19O6S3. The third-order valence-electron chi connectivity index (χ3n) is 20.1. The first-order valence-electron chi connectivity index (χ1n) is 36.9. The number of benzene rings is 5. The summed E-state index contributed by atoms with van der Waals surface area (Å²) in [5.74, 6) is 18.1. The Morgan fingerprint density at radius 3 is 1.20 bits per heavy atom. The number of hydrogen-bond donors (Lipinski definition) is 6. The number of likely N-dealkylation sites (tertiary alicyclic amines) is 3. The maximum atomic E-state index is 13.2. The van der Waals surface area contributed by atoms with Crippen LogP contribution in [-0.4, -0.2) is 118 Å². The van der Waals surface area contributed by atoms with Gasteiger partial charge in [-0.15, -0.1) is 0 Å². The normalized spacial score (nSPS) is 14.6. The van der Waals surface area contributed by atoms with Crippen molar-refractivity contribution in [2.45, 2.75) is 124 Å². The van der Waals surface area contributed by atoms with Crippen molar-refractivity contribution in [3.8, 4) is 69.3 Å². The molecule has 0 aliphatic carbocycles. The van der Waals surface area contributed by atoms with E-state index in [4.69, 9.17) is 32.2 Å². The smallest absolute Gasteiger partial charge is 0.299 e. The molecule has 6 amide bonds. The molecule has 3 aliphatic rings. The summed E-state index contributed by atoms with van der Waals surface area (Å²) in [6, 6.07) is 38.7. The van der Waals surface area contributed by atoms with Crippen LogP contribution >= 0.6 is 40.5 Å². The van der Waals surface area contributed by atoms with Crippen LogP contribution in [0.1, 0.15) is 169 Å². The van der Waals surface area contributed by atoms with E-state index in [0.29, 0.717) is 98.9 Å². The molecule has 3 fully saturated rings. The molecule has 115 heavy (non-hydrogen) atoms. The Labute approximate surface area is 688 Å². The molecule has 0 unspecified atom stereocenters. The third-order valence-corrected chi connectivity index (χ3v) is 20.1. The Bertz CT molecular complexity index is 5650. The van der Waals surface area contributed by atoms with Crippen LogP contribution in [0.3, 0.4) is 0 Å². The van der Waals surface area contributed by atoms with Gasteiger partial charge < -0.3 is 47.9 Å². The van der Waals surface area contributed by atoms with Crippen LogP contribution in [0.2, 0.25) is 0 Å². The van der Waals surface area contributed by atoms with E-state index in [0.717, 1.165) is 95.1 Å². The van der Waals surface area contributed by atoms with E-state index < -0.39 is 0 Å². The van der Waals surface area contributed by atoms with Gasteiger partial charge in [0.1, 0.15) is 74.3 Å². The molecule has 7 aromatic heterocycles. The Kier molecular flexibility index (Phi) is 27.0. The number of amides is 6. The van der Waals surface area contributed by atoms with Crippen molar-refractivity contribution in [2.75, 3.05) is 52.8 Å². The number of aryl methyl sites for hydroxylation is 3. The number of rotatable bonds is 12. The number of nitrogens with one attached hydrogen (secondary N) is 3. The molecule has 25 nitrogen and oxygen atoms in total. The molecule has 3 atom stereocenters. The zero-order chi connectivity index (χ0) is 79.1. The van der Waals surface area contributed by atoms with Crippen LogP contribution in [0.15, 0.2) is 171 Å². The summed E-state index contributed by atoms with van der Waals surface area (Å²) in [6.07, 6.45) is 16.9. The minimum absolute atomic E-state index is 0. The van der Waals surface area contributed by atoms with Crippen molar-refractivity contribution in [1.82, 2.24) is 62.8 Å². The topological polar surface area (TPSA) is 330 Å². The summed E-state index contributed by atoms with van der Waals surface area (Å²) in [7, 11) is 0. The highest BCUT2D eigenvalue weighted by Crippen LogP contribution is 2.41. The Morgan fingerprint density at radius 2 is 0.826 bits per heavy atom. The lowest BCUT2D eigenvalue weighted by atomic mass is 9.87. The third kappa shape index (κ3) is 17.9. The molecule has 3 aliphatic heterocycles. The molecule has 10 heterocycles. The summed E-state index contributed by atoms with van der Waals surface area (Å²) in [4.78, 5) is 114. The molecule has 0 bridgehead atoms. The maximum absolute atomic E-state index is 13.2. The molecule has 0 saturated carbocycles. The van der Waals surface area contributed by atoms with E-state index in [-0.39, 0.29) is 99.5 Å². The second kappa shape index (κ2) is 36.7. The number of nitrogens with two attached hydrogens (primary N) is 3. The van der Waals surface area contributed by atoms with Gasteiger partial charge in [-0.05, 0) is 198 Å². The summed E-state index contributed by atoms with van der Waals surface area (Å²) >= 11 is 0. The van der Waals surface area contributed by atoms with Crippen molar-refractivity contribution in [1.29, 1.82) is 0 Å². The number of anilines is 6. The SMILES string of the molecule is CC#CC(=O)N1CCC[C@H]1c1nc(-c2ccc(C(=O)Nc3ccc(C(C)(C)C)cc3)c(C)c2)c2c(N)nccn12.CC#CC(=O)N1CCC[C@H]1c1nc(-c2ccc(NC(=O)c3ccccc3)c(C)c2)c2c(N)nccn12.CC#CC(=O)N1CCC[C@H]1c1nc(-c2ccc(NC(=O)c3ccccn3)c(C)c2)c2c(N)nccn12.S.S.S. The summed E-state index contributed by atoms with van der Waals surface area (Å²) < 4.78 is 5.76. The number of aromatic nitrogens is 10. The standard InChI is InChI=1S/C32H34N6O2.C28H26N6O2.C27H25N7O2.3H2S/c1-6-8-26(39)37-17-7-9-25(37)30-36-27(28-29(33)34-16-18-38(28)30)21-10-15-24(20(2)19-21)31(40)35-23-13-11-22(12-14-23)32(3,4)5;1-3-8-23(35)33-15-7-11-22(33)27-32-24(25-26(29)30-14-16-34(25)27)20-12-13-21(18(2)17-20)31-28(36)19-9-5-4-6-10-19;1-3-7-22(35)33-14-6-9-21(33)26-32-23(24-25(28)30-13-15-34(24)26)18-10-11-19(17(2)16-18)31-27(36)20-8-4-5-12-29-20;;;/h10-16,18-19,25H,7,9,17H2,1-5H3,(H2,33,34)(H,35,40);4-6,9-10,12-14,16-17,22H,7,11,15H2,1-2H3,(H2,29,30)(H,31,36);4-5,8,10-13,15-16,21H,6,9,14H2,1-2H3,(H2,28,30)(H,31,36);3*1H2/t25-;22-;21-;;;/m000.../s1. The van der Waals surface area contributed by atoms with Crippen LogP contribution in [0.5, 0.6) is 0 Å². The van der Waals surface area contributed by atoms with E-state index in [9.17, 15) is 28.8 Å². The van der Waals surface area contributed by atoms with E-state index >= 15 is 0 Å². The fraction of sp³-hybridized carbons (Fsp3) is 0.253. The number of nitrogens with zero attached hydrogens (tertiary/aromatic N) is 13. The minimum atomic E-state index is -0.282. The molecule has 588 valence electrons.